The van der Waals surface area contributed by atoms with E-state index in [0.717, 1.165) is 45.1 Å². The molecule has 2 saturated heterocycles. The normalized spacial score (nSPS) is 30.9. The summed E-state index contributed by atoms with van der Waals surface area (Å²) < 4.78 is 0. The molecule has 3 fully saturated rings. The fraction of sp³-hybridized carbons (Fsp3) is 0.846. The Hall–Kier alpha value is -1.06. The van der Waals surface area contributed by atoms with E-state index >= 15 is 0 Å². The van der Waals surface area contributed by atoms with Crippen molar-refractivity contribution in [2.45, 2.75) is 63.5 Å². The standard InChI is InChI=1S/C13H20N2O2/c16-12-9-11-7-4-8-14(11)13(17)15(12)10-5-2-1-3-6-10/h10-11H,1-9H2. The minimum atomic E-state index is -0.00403. The summed E-state index contributed by atoms with van der Waals surface area (Å²) in [5, 5.41) is 0. The zero-order chi connectivity index (χ0) is 11.8. The minimum Gasteiger partial charge on any atom is -0.321 e. The van der Waals surface area contributed by atoms with E-state index in [1.165, 1.54) is 6.42 Å². The summed E-state index contributed by atoms with van der Waals surface area (Å²) in [5.41, 5.74) is 0. The van der Waals surface area contributed by atoms with Crippen LogP contribution in [0.3, 0.4) is 0 Å². The first-order valence-corrected chi connectivity index (χ1v) is 6.90. The van der Waals surface area contributed by atoms with Crippen molar-refractivity contribution in [2.75, 3.05) is 6.54 Å². The number of nitrogens with zero attached hydrogens (tertiary/aromatic N) is 2. The van der Waals surface area contributed by atoms with Gasteiger partial charge in [0.25, 0.3) is 0 Å². The lowest BCUT2D eigenvalue weighted by Gasteiger charge is -2.41. The molecule has 17 heavy (non-hydrogen) atoms. The first kappa shape index (κ1) is 11.1. The van der Waals surface area contributed by atoms with Crippen LogP contribution in [-0.4, -0.2) is 40.4 Å². The van der Waals surface area contributed by atoms with Gasteiger partial charge in [0.1, 0.15) is 0 Å². The second-order valence-corrected chi connectivity index (χ2v) is 5.53. The lowest BCUT2D eigenvalue weighted by Crippen LogP contribution is -2.58. The highest BCUT2D eigenvalue weighted by atomic mass is 16.2. The summed E-state index contributed by atoms with van der Waals surface area (Å²) in [6.07, 6.45) is 8.21. The van der Waals surface area contributed by atoms with Crippen LogP contribution < -0.4 is 0 Å². The molecule has 3 rings (SSSR count). The van der Waals surface area contributed by atoms with Gasteiger partial charge in [-0.2, -0.15) is 0 Å². The molecule has 1 unspecified atom stereocenters. The topological polar surface area (TPSA) is 40.6 Å². The van der Waals surface area contributed by atoms with Gasteiger partial charge >= 0.3 is 6.03 Å². The molecule has 94 valence electrons. The molecule has 2 aliphatic heterocycles. The van der Waals surface area contributed by atoms with Crippen molar-refractivity contribution in [1.82, 2.24) is 9.80 Å². The molecular formula is C13H20N2O2. The Morgan fingerprint density at radius 1 is 0.882 bits per heavy atom. The predicted octanol–water partition coefficient (Wildman–Crippen LogP) is 2.14. The Bertz CT molecular complexity index is 336. The van der Waals surface area contributed by atoms with Gasteiger partial charge in [0.05, 0.1) is 0 Å². The van der Waals surface area contributed by atoms with Gasteiger partial charge in [0.2, 0.25) is 5.91 Å². The largest absolute Gasteiger partial charge is 0.327 e. The van der Waals surface area contributed by atoms with E-state index in [1.807, 2.05) is 4.90 Å². The number of urea groups is 1. The quantitative estimate of drug-likeness (QED) is 0.700. The average molecular weight is 236 g/mol. The molecule has 2 heterocycles. The van der Waals surface area contributed by atoms with Crippen LogP contribution in [0.15, 0.2) is 0 Å². The van der Waals surface area contributed by atoms with Crippen LogP contribution in [0.25, 0.3) is 0 Å². The molecule has 1 saturated carbocycles. The van der Waals surface area contributed by atoms with E-state index in [-0.39, 0.29) is 24.0 Å². The van der Waals surface area contributed by atoms with E-state index in [9.17, 15) is 9.59 Å². The maximum Gasteiger partial charge on any atom is 0.327 e. The van der Waals surface area contributed by atoms with Crippen molar-refractivity contribution in [2.24, 2.45) is 0 Å². The Morgan fingerprint density at radius 3 is 2.35 bits per heavy atom. The third-order valence-electron chi connectivity index (χ3n) is 4.45. The molecule has 0 aromatic rings. The number of amides is 3. The van der Waals surface area contributed by atoms with Gasteiger partial charge in [0, 0.05) is 25.0 Å². The molecule has 3 aliphatic rings. The van der Waals surface area contributed by atoms with Gasteiger partial charge in [-0.25, -0.2) is 4.79 Å². The predicted molar refractivity (Wildman–Crippen MR) is 63.5 cm³/mol. The molecule has 0 aromatic carbocycles. The fourth-order valence-electron chi connectivity index (χ4n) is 3.54. The lowest BCUT2D eigenvalue weighted by atomic mass is 9.93. The third-order valence-corrected chi connectivity index (χ3v) is 4.45. The zero-order valence-electron chi connectivity index (χ0n) is 10.2. The zero-order valence-corrected chi connectivity index (χ0v) is 10.2. The minimum absolute atomic E-state index is 0.00403. The van der Waals surface area contributed by atoms with Crippen molar-refractivity contribution in [3.8, 4) is 0 Å². The van der Waals surface area contributed by atoms with Crippen molar-refractivity contribution in [3.05, 3.63) is 0 Å². The van der Waals surface area contributed by atoms with Gasteiger partial charge in [-0.15, -0.1) is 0 Å². The molecule has 0 N–H and O–H groups in total. The Labute approximate surface area is 102 Å². The number of fused-ring (bicyclic) bond motifs is 1. The van der Waals surface area contributed by atoms with E-state index in [1.54, 1.807) is 4.90 Å². The van der Waals surface area contributed by atoms with Crippen molar-refractivity contribution < 1.29 is 9.59 Å². The number of rotatable bonds is 1. The molecule has 0 bridgehead atoms. The lowest BCUT2D eigenvalue weighted by molar-refractivity contribution is -0.134. The molecule has 4 nitrogen and oxygen atoms in total. The van der Waals surface area contributed by atoms with Gasteiger partial charge < -0.3 is 4.90 Å². The SMILES string of the molecule is O=C1CC2CCCN2C(=O)N1C1CCCCC1. The maximum atomic E-state index is 12.3. The second-order valence-electron chi connectivity index (χ2n) is 5.53. The molecule has 1 atom stereocenters. The van der Waals surface area contributed by atoms with Crippen LogP contribution in [0.4, 0.5) is 4.79 Å². The molecule has 4 heteroatoms. The van der Waals surface area contributed by atoms with Gasteiger partial charge in [-0.1, -0.05) is 19.3 Å². The number of imide groups is 1. The van der Waals surface area contributed by atoms with Crippen LogP contribution in [0.1, 0.15) is 51.4 Å². The molecule has 3 amide bonds. The monoisotopic (exact) mass is 236 g/mol. The number of carbonyl (C=O) groups is 2. The van der Waals surface area contributed by atoms with Gasteiger partial charge in [-0.3, -0.25) is 9.69 Å². The van der Waals surface area contributed by atoms with E-state index < -0.39 is 0 Å². The van der Waals surface area contributed by atoms with Crippen molar-refractivity contribution in [1.29, 1.82) is 0 Å². The third kappa shape index (κ3) is 1.83. The molecule has 0 aromatic heterocycles. The fourth-order valence-corrected chi connectivity index (χ4v) is 3.54. The summed E-state index contributed by atoms with van der Waals surface area (Å²) in [4.78, 5) is 28.0. The Balaban J connectivity index is 1.78. The first-order valence-electron chi connectivity index (χ1n) is 6.90. The summed E-state index contributed by atoms with van der Waals surface area (Å²) in [6.45, 7) is 0.847. The molecule has 0 spiro atoms. The summed E-state index contributed by atoms with van der Waals surface area (Å²) >= 11 is 0. The smallest absolute Gasteiger partial charge is 0.321 e. The van der Waals surface area contributed by atoms with Crippen LogP contribution in [0.2, 0.25) is 0 Å². The molecule has 0 radical (unpaired) electrons. The van der Waals surface area contributed by atoms with Crippen LogP contribution >= 0.6 is 0 Å². The highest BCUT2D eigenvalue weighted by Crippen LogP contribution is 2.31. The van der Waals surface area contributed by atoms with Crippen LogP contribution in [0, 0.1) is 0 Å². The van der Waals surface area contributed by atoms with E-state index in [2.05, 4.69) is 0 Å². The van der Waals surface area contributed by atoms with E-state index in [4.69, 9.17) is 0 Å². The number of hydrogen-bond acceptors (Lipinski definition) is 2. The summed E-state index contributed by atoms with van der Waals surface area (Å²) in [6, 6.07) is 0.385. The number of hydrogen-bond donors (Lipinski definition) is 0. The second kappa shape index (κ2) is 4.31. The van der Waals surface area contributed by atoms with Crippen molar-refractivity contribution in [3.63, 3.8) is 0 Å². The van der Waals surface area contributed by atoms with Gasteiger partial charge in [-0.05, 0) is 25.7 Å². The highest BCUT2D eigenvalue weighted by molar-refractivity contribution is 5.98. The Morgan fingerprint density at radius 2 is 1.59 bits per heavy atom. The highest BCUT2D eigenvalue weighted by Gasteiger charge is 2.43. The summed E-state index contributed by atoms with van der Waals surface area (Å²) in [7, 11) is 0. The van der Waals surface area contributed by atoms with Crippen molar-refractivity contribution >= 4 is 11.9 Å². The maximum absolute atomic E-state index is 12.3. The van der Waals surface area contributed by atoms with Gasteiger partial charge in [0.15, 0.2) is 0 Å². The van der Waals surface area contributed by atoms with E-state index in [0.29, 0.717) is 6.42 Å². The first-order chi connectivity index (χ1) is 8.27. The Kier molecular flexibility index (Phi) is 2.81. The van der Waals surface area contributed by atoms with Crippen LogP contribution in [0.5, 0.6) is 0 Å². The van der Waals surface area contributed by atoms with Crippen LogP contribution in [-0.2, 0) is 4.79 Å². The molecule has 1 aliphatic carbocycles. The molecular weight excluding hydrogens is 216 g/mol. The number of carbonyl (C=O) groups excluding carboxylic acids is 2. The average Bonchev–Trinajstić information content (AvgIpc) is 2.78. The summed E-state index contributed by atoms with van der Waals surface area (Å²) in [5.74, 6) is 0.0741.